The van der Waals surface area contributed by atoms with E-state index in [-0.39, 0.29) is 0 Å². The van der Waals surface area contributed by atoms with Crippen LogP contribution in [0.3, 0.4) is 0 Å². The third kappa shape index (κ3) is 5.20. The average molecular weight is 332 g/mol. The number of hydrogen-bond donors (Lipinski definition) is 0. The second-order valence-corrected chi connectivity index (χ2v) is 8.45. The summed E-state index contributed by atoms with van der Waals surface area (Å²) in [5.74, 6) is 2.60. The highest BCUT2D eigenvalue weighted by Gasteiger charge is 2.24. The van der Waals surface area contributed by atoms with E-state index in [0.29, 0.717) is 6.10 Å². The molecule has 2 nitrogen and oxygen atoms in total. The first kappa shape index (κ1) is 18.2. The van der Waals surface area contributed by atoms with E-state index in [0.717, 1.165) is 30.9 Å². The number of likely N-dealkylation sites (tertiary alicyclic amines) is 1. The van der Waals surface area contributed by atoms with Crippen LogP contribution in [0.2, 0.25) is 0 Å². The lowest BCUT2D eigenvalue weighted by Crippen LogP contribution is -2.37. The molecule has 1 aliphatic heterocycles. The van der Waals surface area contributed by atoms with Gasteiger partial charge in [0.15, 0.2) is 0 Å². The third-order valence-corrected chi connectivity index (χ3v) is 6.51. The minimum Gasteiger partial charge on any atom is -0.377 e. The zero-order valence-electron chi connectivity index (χ0n) is 15.9. The highest BCUT2D eigenvalue weighted by molar-refractivity contribution is 5.25. The van der Waals surface area contributed by atoms with E-state index in [2.05, 4.69) is 37.0 Å². The summed E-state index contributed by atoms with van der Waals surface area (Å²) in [7, 11) is 0. The summed E-state index contributed by atoms with van der Waals surface area (Å²) in [4.78, 5) is 2.61. The Hall–Kier alpha value is -0.600. The molecule has 3 aliphatic rings. The van der Waals surface area contributed by atoms with Gasteiger partial charge in [-0.1, -0.05) is 32.1 Å². The summed E-state index contributed by atoms with van der Waals surface area (Å²) in [5.41, 5.74) is 1.61. The molecular weight excluding hydrogens is 294 g/mol. The summed E-state index contributed by atoms with van der Waals surface area (Å²) in [6.07, 6.45) is 18.2. The molecule has 0 radical (unpaired) electrons. The van der Waals surface area contributed by atoms with E-state index in [9.17, 15) is 0 Å². The molecule has 24 heavy (non-hydrogen) atoms. The van der Waals surface area contributed by atoms with Crippen molar-refractivity contribution in [3.63, 3.8) is 0 Å². The molecule has 0 bridgehead atoms. The number of nitrogens with zero attached hydrogens (tertiary/aromatic N) is 1. The molecule has 0 aromatic rings. The smallest absolute Gasteiger partial charge is 0.0597 e. The topological polar surface area (TPSA) is 12.5 Å². The number of piperidine rings is 1. The minimum absolute atomic E-state index is 0.537. The van der Waals surface area contributed by atoms with Gasteiger partial charge in [0.1, 0.15) is 0 Å². The van der Waals surface area contributed by atoms with Crippen LogP contribution in [0.5, 0.6) is 0 Å². The quantitative estimate of drug-likeness (QED) is 0.663. The molecule has 2 fully saturated rings. The van der Waals surface area contributed by atoms with Crippen LogP contribution in [0.1, 0.15) is 65.2 Å². The van der Waals surface area contributed by atoms with Crippen molar-refractivity contribution in [2.75, 3.05) is 26.2 Å². The molecule has 2 heteroatoms. The summed E-state index contributed by atoms with van der Waals surface area (Å²) in [6.45, 7) is 9.30. The van der Waals surface area contributed by atoms with E-state index < -0.39 is 0 Å². The van der Waals surface area contributed by atoms with Crippen LogP contribution < -0.4 is 0 Å². The molecule has 1 saturated heterocycles. The molecule has 0 spiro atoms. The van der Waals surface area contributed by atoms with Gasteiger partial charge in [0.05, 0.1) is 12.7 Å². The Morgan fingerprint density at radius 1 is 1.04 bits per heavy atom. The summed E-state index contributed by atoms with van der Waals surface area (Å²) in [5, 5.41) is 0. The molecule has 2 aliphatic carbocycles. The lowest BCUT2D eigenvalue weighted by Gasteiger charge is -2.34. The second kappa shape index (κ2) is 9.20. The molecule has 0 aromatic heterocycles. The van der Waals surface area contributed by atoms with Crippen LogP contribution in [0.15, 0.2) is 23.8 Å². The fraction of sp³-hybridized carbons (Fsp3) is 0.818. The van der Waals surface area contributed by atoms with Crippen LogP contribution in [0.4, 0.5) is 0 Å². The van der Waals surface area contributed by atoms with Crippen molar-refractivity contribution >= 4 is 0 Å². The molecule has 1 saturated carbocycles. The van der Waals surface area contributed by atoms with Crippen molar-refractivity contribution in [2.45, 2.75) is 71.3 Å². The van der Waals surface area contributed by atoms with Crippen molar-refractivity contribution in [1.29, 1.82) is 0 Å². The van der Waals surface area contributed by atoms with Crippen molar-refractivity contribution < 1.29 is 4.74 Å². The van der Waals surface area contributed by atoms with Crippen LogP contribution in [0.25, 0.3) is 0 Å². The largest absolute Gasteiger partial charge is 0.377 e. The van der Waals surface area contributed by atoms with E-state index in [4.69, 9.17) is 4.74 Å². The van der Waals surface area contributed by atoms with Crippen LogP contribution >= 0.6 is 0 Å². The fourth-order valence-electron chi connectivity index (χ4n) is 4.70. The van der Waals surface area contributed by atoms with Gasteiger partial charge in [-0.3, -0.25) is 0 Å². The fourth-order valence-corrected chi connectivity index (χ4v) is 4.70. The SMILES string of the molecule is CC(C)C1CCC(OCCN2CCC(C3=CCCC=C3)CC2)CC1. The maximum Gasteiger partial charge on any atom is 0.0597 e. The van der Waals surface area contributed by atoms with Gasteiger partial charge in [-0.15, -0.1) is 0 Å². The zero-order valence-corrected chi connectivity index (χ0v) is 15.9. The third-order valence-electron chi connectivity index (χ3n) is 6.51. The second-order valence-electron chi connectivity index (χ2n) is 8.45. The number of rotatable bonds is 6. The molecule has 3 rings (SSSR count). The van der Waals surface area contributed by atoms with Crippen LogP contribution in [0, 0.1) is 17.8 Å². The first-order chi connectivity index (χ1) is 11.7. The molecule has 0 unspecified atom stereocenters. The Morgan fingerprint density at radius 3 is 2.42 bits per heavy atom. The Balaban J connectivity index is 1.29. The van der Waals surface area contributed by atoms with Gasteiger partial charge in [-0.05, 0) is 87.8 Å². The maximum atomic E-state index is 6.19. The van der Waals surface area contributed by atoms with E-state index >= 15 is 0 Å². The van der Waals surface area contributed by atoms with Gasteiger partial charge in [-0.25, -0.2) is 0 Å². The molecular formula is C22H37NO. The predicted octanol–water partition coefficient (Wildman–Crippen LogP) is 5.21. The van der Waals surface area contributed by atoms with Crippen molar-refractivity contribution in [3.8, 4) is 0 Å². The number of hydrogen-bond acceptors (Lipinski definition) is 2. The Labute approximate surface area is 149 Å². The van der Waals surface area contributed by atoms with Gasteiger partial charge >= 0.3 is 0 Å². The highest BCUT2D eigenvalue weighted by Crippen LogP contribution is 2.31. The van der Waals surface area contributed by atoms with E-state index in [1.165, 1.54) is 64.5 Å². The van der Waals surface area contributed by atoms with Gasteiger partial charge in [0.25, 0.3) is 0 Å². The monoisotopic (exact) mass is 331 g/mol. The molecule has 1 heterocycles. The highest BCUT2D eigenvalue weighted by atomic mass is 16.5. The Bertz CT molecular complexity index is 423. The van der Waals surface area contributed by atoms with E-state index in [1.807, 2.05) is 0 Å². The first-order valence-corrected chi connectivity index (χ1v) is 10.4. The first-order valence-electron chi connectivity index (χ1n) is 10.4. The van der Waals surface area contributed by atoms with Gasteiger partial charge in [-0.2, -0.15) is 0 Å². The standard InChI is InChI=1S/C22H37NO/c1-18(2)19-8-10-22(11-9-19)24-17-16-23-14-12-21(13-15-23)20-6-4-3-5-7-20/h4,6-7,18-19,21-22H,3,5,8-17H2,1-2H3. The summed E-state index contributed by atoms with van der Waals surface area (Å²) < 4.78 is 6.19. The molecule has 0 atom stereocenters. The van der Waals surface area contributed by atoms with Crippen molar-refractivity contribution in [1.82, 2.24) is 4.90 Å². The van der Waals surface area contributed by atoms with Gasteiger partial charge in [0, 0.05) is 6.54 Å². The van der Waals surface area contributed by atoms with Gasteiger partial charge < -0.3 is 9.64 Å². The molecule has 0 amide bonds. The predicted molar refractivity (Wildman–Crippen MR) is 102 cm³/mol. The molecule has 136 valence electrons. The van der Waals surface area contributed by atoms with Crippen molar-refractivity contribution in [3.05, 3.63) is 23.8 Å². The lowest BCUT2D eigenvalue weighted by atomic mass is 9.80. The van der Waals surface area contributed by atoms with Crippen molar-refractivity contribution in [2.24, 2.45) is 17.8 Å². The summed E-state index contributed by atoms with van der Waals surface area (Å²) in [6, 6.07) is 0. The van der Waals surface area contributed by atoms with E-state index in [1.54, 1.807) is 5.57 Å². The summed E-state index contributed by atoms with van der Waals surface area (Å²) >= 11 is 0. The minimum atomic E-state index is 0.537. The average Bonchev–Trinajstić information content (AvgIpc) is 2.63. The molecule has 0 aromatic carbocycles. The zero-order chi connectivity index (χ0) is 16.8. The lowest BCUT2D eigenvalue weighted by molar-refractivity contribution is 0.000263. The normalized spacial score (nSPS) is 29.9. The number of ether oxygens (including phenoxy) is 1. The van der Waals surface area contributed by atoms with Gasteiger partial charge in [0.2, 0.25) is 0 Å². The molecule has 0 N–H and O–H groups in total. The maximum absolute atomic E-state index is 6.19. The number of allylic oxidation sites excluding steroid dienone is 4. The Kier molecular flexibility index (Phi) is 6.97. The van der Waals surface area contributed by atoms with Crippen LogP contribution in [-0.4, -0.2) is 37.2 Å². The Morgan fingerprint density at radius 2 is 1.79 bits per heavy atom. The van der Waals surface area contributed by atoms with Crippen LogP contribution in [-0.2, 0) is 4.74 Å².